The molecule has 7 nitrogen and oxygen atoms in total. The van der Waals surface area contributed by atoms with Crippen molar-refractivity contribution in [3.05, 3.63) is 59.4 Å². The second-order valence-electron chi connectivity index (χ2n) is 6.40. The fourth-order valence-corrected chi connectivity index (χ4v) is 3.26. The molecule has 1 fully saturated rings. The fraction of sp³-hybridized carbons (Fsp3) is 0.316. The van der Waals surface area contributed by atoms with Crippen LogP contribution in [0.5, 0.6) is 0 Å². The van der Waals surface area contributed by atoms with Crippen molar-refractivity contribution in [3.8, 4) is 0 Å². The fourth-order valence-electron chi connectivity index (χ4n) is 3.26. The third-order valence-electron chi connectivity index (χ3n) is 4.67. The zero-order valence-electron chi connectivity index (χ0n) is 14.6. The maximum atomic E-state index is 12.6. The second kappa shape index (κ2) is 7.53. The van der Waals surface area contributed by atoms with Gasteiger partial charge in [0.1, 0.15) is 11.7 Å². The van der Waals surface area contributed by atoms with Gasteiger partial charge in [0.15, 0.2) is 5.78 Å². The van der Waals surface area contributed by atoms with Crippen molar-refractivity contribution in [3.63, 3.8) is 0 Å². The summed E-state index contributed by atoms with van der Waals surface area (Å²) in [5, 5.41) is 0. The molecule has 0 spiro atoms. The highest BCUT2D eigenvalue weighted by molar-refractivity contribution is 5.99. The van der Waals surface area contributed by atoms with Crippen LogP contribution in [0.3, 0.4) is 0 Å². The normalized spacial score (nSPS) is 16.3. The van der Waals surface area contributed by atoms with Crippen molar-refractivity contribution in [2.45, 2.75) is 13.0 Å². The molecule has 0 aliphatic carbocycles. The molecule has 1 saturated heterocycles. The molecule has 0 saturated carbocycles. The zero-order valence-corrected chi connectivity index (χ0v) is 14.6. The second-order valence-corrected chi connectivity index (χ2v) is 6.40. The van der Waals surface area contributed by atoms with Gasteiger partial charge in [-0.3, -0.25) is 19.3 Å². The smallest absolute Gasteiger partial charge is 0.270 e. The van der Waals surface area contributed by atoms with Crippen LogP contribution in [0.15, 0.2) is 42.6 Å². The van der Waals surface area contributed by atoms with Crippen LogP contribution in [-0.2, 0) is 4.79 Å². The van der Waals surface area contributed by atoms with E-state index in [1.54, 1.807) is 17.2 Å². The Kier molecular flexibility index (Phi) is 5.18. The molecule has 1 aromatic carbocycles. The number of amides is 2. The summed E-state index contributed by atoms with van der Waals surface area (Å²) in [6.45, 7) is 3.54. The van der Waals surface area contributed by atoms with Gasteiger partial charge in [0, 0.05) is 37.9 Å². The van der Waals surface area contributed by atoms with Gasteiger partial charge in [0.2, 0.25) is 5.91 Å². The van der Waals surface area contributed by atoms with Crippen molar-refractivity contribution in [2.24, 2.45) is 5.73 Å². The summed E-state index contributed by atoms with van der Waals surface area (Å²) in [5.74, 6) is -0.629. The Morgan fingerprint density at radius 2 is 1.73 bits per heavy atom. The van der Waals surface area contributed by atoms with Gasteiger partial charge >= 0.3 is 0 Å². The first-order chi connectivity index (χ1) is 12.5. The van der Waals surface area contributed by atoms with E-state index in [0.717, 1.165) is 5.56 Å². The van der Waals surface area contributed by atoms with Crippen molar-refractivity contribution in [1.29, 1.82) is 0 Å². The third kappa shape index (κ3) is 3.67. The highest BCUT2D eigenvalue weighted by Crippen LogP contribution is 2.22. The summed E-state index contributed by atoms with van der Waals surface area (Å²) in [6.07, 6.45) is 1.55. The number of Topliss-reactive ketones (excluding diaryl/α,β-unsaturated/α-hetero) is 1. The molecule has 0 bridgehead atoms. The lowest BCUT2D eigenvalue weighted by atomic mass is 10.0. The Morgan fingerprint density at radius 3 is 2.27 bits per heavy atom. The summed E-state index contributed by atoms with van der Waals surface area (Å²) in [5.41, 5.74) is 7.37. The molecule has 136 valence electrons. The van der Waals surface area contributed by atoms with Crippen LogP contribution in [0.1, 0.15) is 39.4 Å². The van der Waals surface area contributed by atoms with E-state index in [4.69, 9.17) is 5.73 Å². The summed E-state index contributed by atoms with van der Waals surface area (Å²) in [7, 11) is 0. The first-order valence-electron chi connectivity index (χ1n) is 8.54. The molecule has 3 rings (SSSR count). The number of aromatic nitrogens is 1. The predicted molar refractivity (Wildman–Crippen MR) is 96.7 cm³/mol. The average Bonchev–Trinajstić information content (AvgIpc) is 3.13. The average molecular weight is 354 g/mol. The van der Waals surface area contributed by atoms with Crippen molar-refractivity contribution < 1.29 is 14.4 Å². The molecule has 0 radical (unpaired) electrons. The van der Waals surface area contributed by atoms with Crippen LogP contribution in [0, 0.1) is 0 Å². The Bertz CT molecular complexity index is 807. The Hall–Kier alpha value is -2.93. The topological polar surface area (TPSA) is 99.5 Å². The predicted octanol–water partition coefficient (Wildman–Crippen LogP) is 1.20. The summed E-state index contributed by atoms with van der Waals surface area (Å²) in [6, 6.07) is 10.5. The number of nitrogens with zero attached hydrogens (tertiary/aromatic N) is 2. The van der Waals surface area contributed by atoms with Gasteiger partial charge in [-0.15, -0.1) is 0 Å². The standard InChI is InChI=1S/C19H22N4O3/c1-13(24)15-11-16(21-12-15)19(26)23-9-7-22(8-10-23)17(18(20)25)14-5-3-2-4-6-14/h2-6,11-12,17,21H,7-10H2,1H3,(H2,20,25). The summed E-state index contributed by atoms with van der Waals surface area (Å²) in [4.78, 5) is 42.5. The minimum absolute atomic E-state index is 0.0859. The number of hydrogen-bond acceptors (Lipinski definition) is 4. The van der Waals surface area contributed by atoms with E-state index in [1.807, 2.05) is 35.2 Å². The molecule has 3 N–H and O–H groups in total. The number of nitrogens with two attached hydrogens (primary N) is 1. The van der Waals surface area contributed by atoms with Crippen molar-refractivity contribution in [2.75, 3.05) is 26.2 Å². The van der Waals surface area contributed by atoms with Crippen LogP contribution in [0.2, 0.25) is 0 Å². The zero-order chi connectivity index (χ0) is 18.7. The maximum Gasteiger partial charge on any atom is 0.270 e. The van der Waals surface area contributed by atoms with E-state index in [1.165, 1.54) is 6.92 Å². The van der Waals surface area contributed by atoms with E-state index < -0.39 is 11.9 Å². The van der Waals surface area contributed by atoms with E-state index in [2.05, 4.69) is 4.98 Å². The number of rotatable bonds is 5. The third-order valence-corrected chi connectivity index (χ3v) is 4.67. The van der Waals surface area contributed by atoms with E-state index >= 15 is 0 Å². The molecule has 26 heavy (non-hydrogen) atoms. The summed E-state index contributed by atoms with van der Waals surface area (Å²) < 4.78 is 0. The molecule has 7 heteroatoms. The van der Waals surface area contributed by atoms with E-state index in [0.29, 0.717) is 37.4 Å². The van der Waals surface area contributed by atoms with Crippen LogP contribution < -0.4 is 5.73 Å². The highest BCUT2D eigenvalue weighted by atomic mass is 16.2. The lowest BCUT2D eigenvalue weighted by Crippen LogP contribution is -2.51. The van der Waals surface area contributed by atoms with Gasteiger partial charge < -0.3 is 15.6 Å². The number of nitrogens with one attached hydrogen (secondary N) is 1. The van der Waals surface area contributed by atoms with E-state index in [9.17, 15) is 14.4 Å². The van der Waals surface area contributed by atoms with Gasteiger partial charge in [-0.2, -0.15) is 0 Å². The lowest BCUT2D eigenvalue weighted by Gasteiger charge is -2.38. The molecule has 1 aliphatic rings. The molecular weight excluding hydrogens is 332 g/mol. The number of ketones is 1. The molecule has 1 unspecified atom stereocenters. The van der Waals surface area contributed by atoms with E-state index in [-0.39, 0.29) is 11.7 Å². The first-order valence-corrected chi connectivity index (χ1v) is 8.54. The van der Waals surface area contributed by atoms with Gasteiger partial charge in [-0.05, 0) is 18.6 Å². The Balaban J connectivity index is 1.67. The van der Waals surface area contributed by atoms with Crippen LogP contribution in [0.4, 0.5) is 0 Å². The molecule has 2 amide bonds. The Labute approximate surface area is 151 Å². The van der Waals surface area contributed by atoms with Gasteiger partial charge in [-0.25, -0.2) is 0 Å². The van der Waals surface area contributed by atoms with Crippen LogP contribution >= 0.6 is 0 Å². The number of hydrogen-bond donors (Lipinski definition) is 2. The van der Waals surface area contributed by atoms with Crippen LogP contribution in [0.25, 0.3) is 0 Å². The number of carbonyl (C=O) groups is 3. The number of primary amides is 1. The monoisotopic (exact) mass is 354 g/mol. The number of H-pyrrole nitrogens is 1. The minimum atomic E-state index is -0.497. The highest BCUT2D eigenvalue weighted by Gasteiger charge is 2.30. The molecular formula is C19H22N4O3. The van der Waals surface area contributed by atoms with Gasteiger partial charge in [-0.1, -0.05) is 30.3 Å². The molecule has 1 aliphatic heterocycles. The molecule has 2 aromatic rings. The number of carbonyl (C=O) groups excluding carboxylic acids is 3. The van der Waals surface area contributed by atoms with Crippen molar-refractivity contribution >= 4 is 17.6 Å². The SMILES string of the molecule is CC(=O)c1c[nH]c(C(=O)N2CCN(C(C(N)=O)c3ccccc3)CC2)c1. The van der Waals surface area contributed by atoms with Gasteiger partial charge in [0.05, 0.1) is 0 Å². The minimum Gasteiger partial charge on any atom is -0.368 e. The summed E-state index contributed by atoms with van der Waals surface area (Å²) >= 11 is 0. The number of aromatic amines is 1. The maximum absolute atomic E-state index is 12.6. The van der Waals surface area contributed by atoms with Crippen molar-refractivity contribution in [1.82, 2.24) is 14.8 Å². The van der Waals surface area contributed by atoms with Gasteiger partial charge in [0.25, 0.3) is 5.91 Å². The molecule has 1 aromatic heterocycles. The number of benzene rings is 1. The molecule has 2 heterocycles. The van der Waals surface area contributed by atoms with Crippen LogP contribution in [-0.4, -0.2) is 58.6 Å². The lowest BCUT2D eigenvalue weighted by molar-refractivity contribution is -0.124. The number of piperazine rings is 1. The largest absolute Gasteiger partial charge is 0.368 e. The quantitative estimate of drug-likeness (QED) is 0.788. The first kappa shape index (κ1) is 17.9. The molecule has 1 atom stereocenters. The Morgan fingerprint density at radius 1 is 1.08 bits per heavy atom.